The minimum absolute atomic E-state index is 0.773. The molecule has 0 aliphatic carbocycles. The fraction of sp³-hybridized carbons (Fsp3) is 0.182. The van der Waals surface area contributed by atoms with Gasteiger partial charge in [0.25, 0.3) is 6.33 Å². The van der Waals surface area contributed by atoms with Gasteiger partial charge in [-0.1, -0.05) is 12.1 Å². The monoisotopic (exact) mass is 282 g/mol. The van der Waals surface area contributed by atoms with Crippen molar-refractivity contribution in [2.24, 2.45) is 0 Å². The van der Waals surface area contributed by atoms with Crippen molar-refractivity contribution < 1.29 is 9.30 Å². The number of rotatable bonds is 3. The number of hydrogen-bond donors (Lipinski definition) is 1. The zero-order valence-electron chi connectivity index (χ0n) is 8.93. The highest BCUT2D eigenvalue weighted by Gasteiger charge is 2.09. The molecule has 0 atom stereocenters. The number of halogens is 1. The summed E-state index contributed by atoms with van der Waals surface area (Å²) >= 11 is 3.44. The second-order valence-electron chi connectivity index (χ2n) is 3.49. The summed E-state index contributed by atoms with van der Waals surface area (Å²) in [5.74, 6) is 6.49. The van der Waals surface area contributed by atoms with Crippen LogP contribution in [0.25, 0.3) is 0 Å². The molecular formula is C11H13BrN3O+. The smallest absolute Gasteiger partial charge is 0.268 e. The molecule has 0 amide bonds. The first-order valence-corrected chi connectivity index (χ1v) is 5.63. The highest BCUT2D eigenvalue weighted by atomic mass is 79.9. The Labute approximate surface area is 102 Å². The molecule has 1 aromatic heterocycles. The average molecular weight is 283 g/mol. The van der Waals surface area contributed by atoms with Crippen molar-refractivity contribution in [1.29, 1.82) is 0 Å². The molecule has 2 N–H and O–H groups in total. The molecule has 16 heavy (non-hydrogen) atoms. The fourth-order valence-electron chi connectivity index (χ4n) is 1.49. The van der Waals surface area contributed by atoms with Gasteiger partial charge in [-0.25, -0.2) is 4.57 Å². The van der Waals surface area contributed by atoms with Gasteiger partial charge in [0.2, 0.25) is 4.60 Å². The third kappa shape index (κ3) is 2.36. The van der Waals surface area contributed by atoms with E-state index < -0.39 is 0 Å². The van der Waals surface area contributed by atoms with Crippen molar-refractivity contribution in [2.45, 2.75) is 6.54 Å². The zero-order chi connectivity index (χ0) is 11.5. The number of nitrogens with two attached hydrogens (primary N) is 1. The van der Waals surface area contributed by atoms with Gasteiger partial charge in [0.05, 0.1) is 7.11 Å². The molecule has 2 aromatic rings. The standard InChI is InChI=1S/C11H13BrN3O/c1-16-10-4-2-9(3-5-10)6-14-8-15(13)7-11(14)12/h2-5,7-8H,6,13H2,1H3/q+1. The van der Waals surface area contributed by atoms with Gasteiger partial charge in [0, 0.05) is 15.9 Å². The summed E-state index contributed by atoms with van der Waals surface area (Å²) in [7, 11) is 1.66. The Hall–Kier alpha value is -1.49. The van der Waals surface area contributed by atoms with E-state index in [9.17, 15) is 0 Å². The lowest BCUT2D eigenvalue weighted by atomic mass is 10.2. The summed E-state index contributed by atoms with van der Waals surface area (Å²) in [6.07, 6.45) is 3.64. The summed E-state index contributed by atoms with van der Waals surface area (Å²) in [4.78, 5) is 0. The first-order chi connectivity index (χ1) is 7.69. The zero-order valence-corrected chi connectivity index (χ0v) is 10.5. The third-order valence-electron chi connectivity index (χ3n) is 2.31. The summed E-state index contributed by atoms with van der Waals surface area (Å²) in [5.41, 5.74) is 1.19. The third-order valence-corrected chi connectivity index (χ3v) is 2.97. The van der Waals surface area contributed by atoms with Crippen LogP contribution in [0.4, 0.5) is 0 Å². The number of ether oxygens (including phenoxy) is 1. The maximum Gasteiger partial charge on any atom is 0.268 e. The molecule has 4 nitrogen and oxygen atoms in total. The van der Waals surface area contributed by atoms with E-state index in [0.717, 1.165) is 16.9 Å². The van der Waals surface area contributed by atoms with Gasteiger partial charge < -0.3 is 4.74 Å². The van der Waals surface area contributed by atoms with E-state index in [2.05, 4.69) is 15.9 Å². The first-order valence-electron chi connectivity index (χ1n) is 4.84. The summed E-state index contributed by atoms with van der Waals surface area (Å²) in [6.45, 7) is 0.773. The van der Waals surface area contributed by atoms with Gasteiger partial charge >= 0.3 is 0 Å². The van der Waals surface area contributed by atoms with Gasteiger partial charge in [-0.2, -0.15) is 0 Å². The van der Waals surface area contributed by atoms with Crippen LogP contribution >= 0.6 is 15.9 Å². The summed E-state index contributed by atoms with van der Waals surface area (Å²) in [6, 6.07) is 7.96. The summed E-state index contributed by atoms with van der Waals surface area (Å²) < 4.78 is 9.59. The van der Waals surface area contributed by atoms with Crippen LogP contribution in [0.1, 0.15) is 5.56 Å². The van der Waals surface area contributed by atoms with Crippen molar-refractivity contribution in [3.8, 4) is 5.75 Å². The molecule has 84 valence electrons. The van der Waals surface area contributed by atoms with Crippen LogP contribution < -0.4 is 15.1 Å². The Morgan fingerprint density at radius 1 is 1.38 bits per heavy atom. The molecule has 0 aliphatic heterocycles. The fourth-order valence-corrected chi connectivity index (χ4v) is 1.94. The molecule has 0 saturated carbocycles. The SMILES string of the molecule is COc1ccc(C[n+]2cn(N)cc2Br)cc1. The summed E-state index contributed by atoms with van der Waals surface area (Å²) in [5, 5.41) is 0. The molecule has 0 bridgehead atoms. The molecule has 1 heterocycles. The molecule has 0 radical (unpaired) electrons. The van der Waals surface area contributed by atoms with Crippen molar-refractivity contribution in [3.05, 3.63) is 47.0 Å². The van der Waals surface area contributed by atoms with Gasteiger partial charge in [0.15, 0.2) is 6.20 Å². The van der Waals surface area contributed by atoms with Crippen molar-refractivity contribution in [2.75, 3.05) is 13.0 Å². The quantitative estimate of drug-likeness (QED) is 0.682. The molecule has 0 unspecified atom stereocenters. The Bertz CT molecular complexity index is 478. The lowest BCUT2D eigenvalue weighted by Crippen LogP contribution is -2.34. The van der Waals surface area contributed by atoms with Crippen LogP contribution in [0.2, 0.25) is 0 Å². The Morgan fingerprint density at radius 2 is 2.06 bits per heavy atom. The van der Waals surface area contributed by atoms with Gasteiger partial charge in [-0.3, -0.25) is 5.84 Å². The van der Waals surface area contributed by atoms with Crippen LogP contribution in [0.5, 0.6) is 5.75 Å². The molecule has 0 spiro atoms. The molecule has 5 heteroatoms. The van der Waals surface area contributed by atoms with Gasteiger partial charge in [0.1, 0.15) is 12.3 Å². The molecule has 0 saturated heterocycles. The van der Waals surface area contributed by atoms with Crippen molar-refractivity contribution >= 4 is 15.9 Å². The number of nitrogens with zero attached hydrogens (tertiary/aromatic N) is 2. The Balaban J connectivity index is 2.17. The van der Waals surface area contributed by atoms with E-state index in [1.807, 2.05) is 41.4 Å². The van der Waals surface area contributed by atoms with E-state index in [0.29, 0.717) is 0 Å². The molecule has 0 fully saturated rings. The minimum atomic E-state index is 0.773. The van der Waals surface area contributed by atoms with Crippen LogP contribution in [0.15, 0.2) is 41.4 Å². The van der Waals surface area contributed by atoms with Gasteiger partial charge in [-0.15, -0.1) is 4.68 Å². The maximum absolute atomic E-state index is 5.62. The van der Waals surface area contributed by atoms with Crippen molar-refractivity contribution in [3.63, 3.8) is 0 Å². The lowest BCUT2D eigenvalue weighted by Gasteiger charge is -2.01. The number of methoxy groups -OCH3 is 1. The largest absolute Gasteiger partial charge is 0.497 e. The first kappa shape index (κ1) is 11.0. The second kappa shape index (κ2) is 4.57. The van der Waals surface area contributed by atoms with Crippen LogP contribution in [-0.2, 0) is 6.54 Å². The molecule has 0 aliphatic rings. The number of benzene rings is 1. The Kier molecular flexibility index (Phi) is 3.14. The highest BCUT2D eigenvalue weighted by molar-refractivity contribution is 9.10. The van der Waals surface area contributed by atoms with Gasteiger partial charge in [-0.05, 0) is 17.7 Å². The maximum atomic E-state index is 5.62. The minimum Gasteiger partial charge on any atom is -0.497 e. The molecule has 2 rings (SSSR count). The van der Waals surface area contributed by atoms with Crippen molar-refractivity contribution in [1.82, 2.24) is 4.68 Å². The number of hydrogen-bond acceptors (Lipinski definition) is 2. The average Bonchev–Trinajstić information content (AvgIpc) is 2.59. The lowest BCUT2D eigenvalue weighted by molar-refractivity contribution is -0.698. The Morgan fingerprint density at radius 3 is 2.56 bits per heavy atom. The predicted octanol–water partition coefficient (Wildman–Crippen LogP) is 1.31. The van der Waals surface area contributed by atoms with Crippen LogP contribution in [0.3, 0.4) is 0 Å². The number of aromatic nitrogens is 2. The van der Waals surface area contributed by atoms with E-state index in [1.165, 1.54) is 10.2 Å². The molecule has 1 aromatic carbocycles. The van der Waals surface area contributed by atoms with E-state index in [-0.39, 0.29) is 0 Å². The van der Waals surface area contributed by atoms with E-state index in [4.69, 9.17) is 10.6 Å². The van der Waals surface area contributed by atoms with E-state index >= 15 is 0 Å². The van der Waals surface area contributed by atoms with Crippen LogP contribution in [0, 0.1) is 0 Å². The number of imidazole rings is 1. The topological polar surface area (TPSA) is 44.1 Å². The second-order valence-corrected chi connectivity index (χ2v) is 4.30. The van der Waals surface area contributed by atoms with Crippen LogP contribution in [-0.4, -0.2) is 11.8 Å². The molecular weight excluding hydrogens is 270 g/mol. The number of nitrogen functional groups attached to an aromatic ring is 1. The normalized spacial score (nSPS) is 10.4. The highest BCUT2D eigenvalue weighted by Crippen LogP contribution is 2.11. The van der Waals surface area contributed by atoms with E-state index in [1.54, 1.807) is 7.11 Å². The predicted molar refractivity (Wildman–Crippen MR) is 64.6 cm³/mol.